The van der Waals surface area contributed by atoms with Crippen molar-refractivity contribution in [3.05, 3.63) is 35.4 Å². The van der Waals surface area contributed by atoms with Crippen molar-refractivity contribution >= 4 is 11.8 Å². The number of carbonyl (C=O) groups excluding carboxylic acids is 2. The molecule has 5 nitrogen and oxygen atoms in total. The normalized spacial score (nSPS) is 15.6. The van der Waals surface area contributed by atoms with E-state index in [1.165, 1.54) is 12.1 Å². The van der Waals surface area contributed by atoms with Gasteiger partial charge in [-0.2, -0.15) is 13.2 Å². The molecule has 1 aromatic rings. The number of nitrogens with zero attached hydrogens (tertiary/aromatic N) is 2. The lowest BCUT2D eigenvalue weighted by Crippen LogP contribution is -2.51. The molecule has 150 valence electrons. The van der Waals surface area contributed by atoms with Gasteiger partial charge < -0.3 is 10.2 Å². The monoisotopic (exact) mass is 385 g/mol. The molecule has 0 bridgehead atoms. The molecule has 2 amide bonds. The van der Waals surface area contributed by atoms with Gasteiger partial charge in [-0.1, -0.05) is 19.8 Å². The molecule has 8 heteroatoms. The van der Waals surface area contributed by atoms with Gasteiger partial charge in [0.1, 0.15) is 0 Å². The number of piperazine rings is 1. The summed E-state index contributed by atoms with van der Waals surface area (Å²) in [5.74, 6) is -0.305. The molecule has 1 aliphatic heterocycles. The van der Waals surface area contributed by atoms with E-state index < -0.39 is 11.7 Å². The largest absolute Gasteiger partial charge is 0.416 e. The number of alkyl halides is 3. The van der Waals surface area contributed by atoms with E-state index in [9.17, 15) is 22.8 Å². The number of hydrogen-bond acceptors (Lipinski definition) is 3. The molecule has 2 rings (SSSR count). The Morgan fingerprint density at radius 3 is 2.22 bits per heavy atom. The van der Waals surface area contributed by atoms with E-state index in [4.69, 9.17) is 0 Å². The average Bonchev–Trinajstić information content (AvgIpc) is 2.65. The van der Waals surface area contributed by atoms with Gasteiger partial charge in [-0.05, 0) is 30.7 Å². The summed E-state index contributed by atoms with van der Waals surface area (Å²) in [6, 6.07) is 4.27. The standard InChI is InChI=1S/C19H26F3N3O2/c1-2-3-4-9-23-17(26)14-24-10-12-25(13-11-24)18(27)15-5-7-16(8-6-15)19(20,21)22/h5-8H,2-4,9-14H2,1H3,(H,23,26). The first kappa shape index (κ1) is 21.2. The highest BCUT2D eigenvalue weighted by Gasteiger charge is 2.30. The van der Waals surface area contributed by atoms with Gasteiger partial charge in [0.2, 0.25) is 5.91 Å². The smallest absolute Gasteiger partial charge is 0.355 e. The van der Waals surface area contributed by atoms with Crippen LogP contribution in [0.15, 0.2) is 24.3 Å². The number of halogens is 3. The Bertz CT molecular complexity index is 624. The minimum atomic E-state index is -4.41. The fraction of sp³-hybridized carbons (Fsp3) is 0.579. The Hall–Kier alpha value is -2.09. The van der Waals surface area contributed by atoms with Crippen molar-refractivity contribution in [3.63, 3.8) is 0 Å². The van der Waals surface area contributed by atoms with Crippen molar-refractivity contribution in [1.29, 1.82) is 0 Å². The molecule has 1 saturated heterocycles. The minimum Gasteiger partial charge on any atom is -0.355 e. The third-order valence-electron chi connectivity index (χ3n) is 4.59. The lowest BCUT2D eigenvalue weighted by atomic mass is 10.1. The third-order valence-corrected chi connectivity index (χ3v) is 4.59. The zero-order valence-corrected chi connectivity index (χ0v) is 15.5. The van der Waals surface area contributed by atoms with Crippen molar-refractivity contribution in [2.45, 2.75) is 32.4 Å². The molecule has 0 spiro atoms. The Kier molecular flexibility index (Phi) is 7.65. The second-order valence-electron chi connectivity index (χ2n) is 6.70. The molecule has 27 heavy (non-hydrogen) atoms. The lowest BCUT2D eigenvalue weighted by Gasteiger charge is -2.34. The summed E-state index contributed by atoms with van der Waals surface area (Å²) in [6.07, 6.45) is -1.25. The summed E-state index contributed by atoms with van der Waals surface area (Å²) in [5.41, 5.74) is -0.529. The van der Waals surface area contributed by atoms with Gasteiger partial charge >= 0.3 is 6.18 Å². The van der Waals surface area contributed by atoms with Crippen LogP contribution in [-0.4, -0.2) is 60.9 Å². The van der Waals surface area contributed by atoms with Crippen LogP contribution >= 0.6 is 0 Å². The van der Waals surface area contributed by atoms with Crippen LogP contribution in [0.1, 0.15) is 42.1 Å². The van der Waals surface area contributed by atoms with Crippen LogP contribution in [0.4, 0.5) is 13.2 Å². The highest BCUT2D eigenvalue weighted by molar-refractivity contribution is 5.94. The van der Waals surface area contributed by atoms with Crippen molar-refractivity contribution in [2.24, 2.45) is 0 Å². The predicted octanol–water partition coefficient (Wildman–Crippen LogP) is 2.77. The van der Waals surface area contributed by atoms with Crippen LogP contribution in [0, 0.1) is 0 Å². The maximum atomic E-state index is 12.6. The molecule has 0 saturated carbocycles. The molecular formula is C19H26F3N3O2. The van der Waals surface area contributed by atoms with Crippen LogP contribution in [0.25, 0.3) is 0 Å². The lowest BCUT2D eigenvalue weighted by molar-refractivity contribution is -0.137. The number of benzene rings is 1. The molecule has 0 unspecified atom stereocenters. The van der Waals surface area contributed by atoms with Crippen LogP contribution in [0.3, 0.4) is 0 Å². The zero-order valence-electron chi connectivity index (χ0n) is 15.5. The van der Waals surface area contributed by atoms with Gasteiger partial charge in [-0.25, -0.2) is 0 Å². The highest BCUT2D eigenvalue weighted by Crippen LogP contribution is 2.29. The van der Waals surface area contributed by atoms with Crippen LogP contribution in [0.2, 0.25) is 0 Å². The quantitative estimate of drug-likeness (QED) is 0.735. The Morgan fingerprint density at radius 2 is 1.67 bits per heavy atom. The Labute approximate surface area is 157 Å². The number of unbranched alkanes of at least 4 members (excludes halogenated alkanes) is 2. The number of rotatable bonds is 7. The fourth-order valence-electron chi connectivity index (χ4n) is 2.96. The third kappa shape index (κ3) is 6.53. The molecule has 1 N–H and O–H groups in total. The zero-order chi connectivity index (χ0) is 19.9. The van der Waals surface area contributed by atoms with E-state index in [2.05, 4.69) is 12.2 Å². The Morgan fingerprint density at radius 1 is 1.04 bits per heavy atom. The maximum absolute atomic E-state index is 12.6. The molecular weight excluding hydrogens is 359 g/mol. The van der Waals surface area contributed by atoms with Crippen LogP contribution in [0.5, 0.6) is 0 Å². The van der Waals surface area contributed by atoms with E-state index in [-0.39, 0.29) is 17.4 Å². The minimum absolute atomic E-state index is 0.0198. The summed E-state index contributed by atoms with van der Waals surface area (Å²) in [7, 11) is 0. The van der Waals surface area contributed by atoms with E-state index >= 15 is 0 Å². The van der Waals surface area contributed by atoms with E-state index in [1.54, 1.807) is 4.90 Å². The number of amides is 2. The van der Waals surface area contributed by atoms with Gasteiger partial charge in [0.15, 0.2) is 0 Å². The molecule has 0 aliphatic carbocycles. The van der Waals surface area contributed by atoms with Crippen LogP contribution < -0.4 is 5.32 Å². The topological polar surface area (TPSA) is 52.7 Å². The SMILES string of the molecule is CCCCCNC(=O)CN1CCN(C(=O)c2ccc(C(F)(F)F)cc2)CC1. The average molecular weight is 385 g/mol. The van der Waals surface area contributed by atoms with Gasteiger partial charge in [-0.3, -0.25) is 14.5 Å². The molecule has 1 aromatic carbocycles. The van der Waals surface area contributed by atoms with E-state index in [0.29, 0.717) is 39.3 Å². The molecule has 0 aromatic heterocycles. The van der Waals surface area contributed by atoms with Gasteiger partial charge in [-0.15, -0.1) is 0 Å². The molecule has 1 fully saturated rings. The second kappa shape index (κ2) is 9.73. The number of carbonyl (C=O) groups is 2. The summed E-state index contributed by atoms with van der Waals surface area (Å²) in [5, 5.41) is 2.89. The highest BCUT2D eigenvalue weighted by atomic mass is 19.4. The fourth-order valence-corrected chi connectivity index (χ4v) is 2.96. The first-order chi connectivity index (χ1) is 12.8. The maximum Gasteiger partial charge on any atom is 0.416 e. The van der Waals surface area contributed by atoms with Crippen molar-refractivity contribution in [1.82, 2.24) is 15.1 Å². The number of hydrogen-bond donors (Lipinski definition) is 1. The van der Waals surface area contributed by atoms with Crippen molar-refractivity contribution in [2.75, 3.05) is 39.3 Å². The van der Waals surface area contributed by atoms with Gasteiger partial charge in [0.25, 0.3) is 5.91 Å². The number of nitrogens with one attached hydrogen (secondary N) is 1. The first-order valence-electron chi connectivity index (χ1n) is 9.27. The first-order valence-corrected chi connectivity index (χ1v) is 9.27. The van der Waals surface area contributed by atoms with Gasteiger partial charge in [0, 0.05) is 38.3 Å². The summed E-state index contributed by atoms with van der Waals surface area (Å²) in [4.78, 5) is 27.9. The van der Waals surface area contributed by atoms with Crippen molar-refractivity contribution < 1.29 is 22.8 Å². The predicted molar refractivity (Wildman–Crippen MR) is 96.3 cm³/mol. The molecule has 0 atom stereocenters. The summed E-state index contributed by atoms with van der Waals surface area (Å²) >= 11 is 0. The van der Waals surface area contributed by atoms with Crippen LogP contribution in [-0.2, 0) is 11.0 Å². The van der Waals surface area contributed by atoms with Gasteiger partial charge in [0.05, 0.1) is 12.1 Å². The van der Waals surface area contributed by atoms with E-state index in [1.807, 2.05) is 4.90 Å². The Balaban J connectivity index is 1.78. The van der Waals surface area contributed by atoms with E-state index in [0.717, 1.165) is 31.4 Å². The molecule has 0 radical (unpaired) electrons. The van der Waals surface area contributed by atoms with Crippen molar-refractivity contribution in [3.8, 4) is 0 Å². The molecule has 1 heterocycles. The summed E-state index contributed by atoms with van der Waals surface area (Å²) in [6.45, 7) is 5.11. The molecule has 1 aliphatic rings. The summed E-state index contributed by atoms with van der Waals surface area (Å²) < 4.78 is 37.8. The second-order valence-corrected chi connectivity index (χ2v) is 6.70.